The molecule has 0 radical (unpaired) electrons. The van der Waals surface area contributed by atoms with E-state index in [1.54, 1.807) is 0 Å². The van der Waals surface area contributed by atoms with Crippen molar-refractivity contribution in [3.8, 4) is 0 Å². The van der Waals surface area contributed by atoms with Gasteiger partial charge in [-0.2, -0.15) is 0 Å². The summed E-state index contributed by atoms with van der Waals surface area (Å²) >= 11 is 0. The number of methoxy groups -OCH3 is 1. The molecule has 0 saturated heterocycles. The standard InChI is InChI=1S/C14H16O4/c1-10-3-4-11(5-7-13(15)16)12(9-10)6-8-14(17)18-2/h3-5,7,9H,6,8H2,1-2H3,(H,15,16)/b7-5+. The largest absolute Gasteiger partial charge is 0.478 e. The molecule has 0 aliphatic heterocycles. The number of carbonyl (C=O) groups excluding carboxylic acids is 1. The Hall–Kier alpha value is -2.10. The number of hydrogen-bond acceptors (Lipinski definition) is 3. The fourth-order valence-electron chi connectivity index (χ4n) is 1.61. The Bertz CT molecular complexity index is 475. The molecular weight excluding hydrogens is 232 g/mol. The molecule has 1 rings (SSSR count). The van der Waals surface area contributed by atoms with E-state index in [1.165, 1.54) is 13.2 Å². The molecule has 1 aromatic rings. The van der Waals surface area contributed by atoms with Gasteiger partial charge in [0.1, 0.15) is 0 Å². The van der Waals surface area contributed by atoms with E-state index in [2.05, 4.69) is 4.74 Å². The molecule has 0 aliphatic rings. The van der Waals surface area contributed by atoms with Crippen molar-refractivity contribution >= 4 is 18.0 Å². The maximum atomic E-state index is 11.1. The predicted octanol–water partition coefficient (Wildman–Crippen LogP) is 2.20. The minimum absolute atomic E-state index is 0.273. The molecule has 0 bridgehead atoms. The summed E-state index contributed by atoms with van der Waals surface area (Å²) in [5.41, 5.74) is 2.83. The maximum Gasteiger partial charge on any atom is 0.328 e. The lowest BCUT2D eigenvalue weighted by atomic mass is 10.00. The van der Waals surface area contributed by atoms with Gasteiger partial charge in [0, 0.05) is 12.5 Å². The zero-order valence-electron chi connectivity index (χ0n) is 10.5. The molecule has 1 aromatic carbocycles. The Morgan fingerprint density at radius 2 is 2.11 bits per heavy atom. The van der Waals surface area contributed by atoms with Crippen LogP contribution in [0.5, 0.6) is 0 Å². The Morgan fingerprint density at radius 3 is 2.72 bits per heavy atom. The Labute approximate surface area is 106 Å². The van der Waals surface area contributed by atoms with E-state index < -0.39 is 5.97 Å². The van der Waals surface area contributed by atoms with Gasteiger partial charge in [-0.3, -0.25) is 4.79 Å². The molecule has 0 heterocycles. The summed E-state index contributed by atoms with van der Waals surface area (Å²) in [6.07, 6.45) is 3.45. The van der Waals surface area contributed by atoms with Gasteiger partial charge in [0.25, 0.3) is 0 Å². The van der Waals surface area contributed by atoms with Crippen molar-refractivity contribution in [2.75, 3.05) is 7.11 Å². The van der Waals surface area contributed by atoms with Gasteiger partial charge >= 0.3 is 11.9 Å². The molecule has 0 atom stereocenters. The first-order valence-electron chi connectivity index (χ1n) is 5.60. The number of aryl methyl sites for hydroxylation is 2. The van der Waals surface area contributed by atoms with Gasteiger partial charge in [-0.15, -0.1) is 0 Å². The fraction of sp³-hybridized carbons (Fsp3) is 0.286. The van der Waals surface area contributed by atoms with Crippen LogP contribution < -0.4 is 0 Å². The van der Waals surface area contributed by atoms with E-state index >= 15 is 0 Å². The van der Waals surface area contributed by atoms with E-state index in [0.29, 0.717) is 6.42 Å². The molecule has 0 aromatic heterocycles. The number of carbonyl (C=O) groups is 2. The normalized spacial score (nSPS) is 10.6. The average Bonchev–Trinajstić information content (AvgIpc) is 2.34. The molecule has 96 valence electrons. The maximum absolute atomic E-state index is 11.1. The van der Waals surface area contributed by atoms with E-state index in [1.807, 2.05) is 25.1 Å². The third-order valence-corrected chi connectivity index (χ3v) is 2.53. The quantitative estimate of drug-likeness (QED) is 0.641. The Kier molecular flexibility index (Phi) is 5.11. The van der Waals surface area contributed by atoms with Gasteiger partial charge in [-0.1, -0.05) is 23.8 Å². The molecule has 0 amide bonds. The summed E-state index contributed by atoms with van der Waals surface area (Å²) < 4.78 is 4.59. The van der Waals surface area contributed by atoms with Crippen LogP contribution in [0.3, 0.4) is 0 Å². The zero-order valence-corrected chi connectivity index (χ0v) is 10.5. The topological polar surface area (TPSA) is 63.6 Å². The first kappa shape index (κ1) is 14.0. The van der Waals surface area contributed by atoms with Crippen LogP contribution in [0, 0.1) is 6.92 Å². The number of aliphatic carboxylic acids is 1. The molecule has 1 N–H and O–H groups in total. The molecular formula is C14H16O4. The molecule has 4 nitrogen and oxygen atoms in total. The van der Waals surface area contributed by atoms with Gasteiger partial charge in [-0.25, -0.2) is 4.79 Å². The van der Waals surface area contributed by atoms with Crippen molar-refractivity contribution in [1.29, 1.82) is 0 Å². The highest BCUT2D eigenvalue weighted by Crippen LogP contribution is 2.15. The first-order valence-corrected chi connectivity index (χ1v) is 5.60. The van der Waals surface area contributed by atoms with Crippen LogP contribution in [0.1, 0.15) is 23.1 Å². The highest BCUT2D eigenvalue weighted by atomic mass is 16.5. The molecule has 18 heavy (non-hydrogen) atoms. The summed E-state index contributed by atoms with van der Waals surface area (Å²) in [5.74, 6) is -1.26. The highest BCUT2D eigenvalue weighted by Gasteiger charge is 2.05. The van der Waals surface area contributed by atoms with E-state index in [0.717, 1.165) is 22.8 Å². The van der Waals surface area contributed by atoms with Crippen molar-refractivity contribution < 1.29 is 19.4 Å². The van der Waals surface area contributed by atoms with Gasteiger partial charge < -0.3 is 9.84 Å². The van der Waals surface area contributed by atoms with Crippen LogP contribution in [-0.2, 0) is 20.7 Å². The summed E-state index contributed by atoms with van der Waals surface area (Å²) in [7, 11) is 1.35. The molecule has 4 heteroatoms. The predicted molar refractivity (Wildman–Crippen MR) is 68.2 cm³/mol. The molecule has 0 fully saturated rings. The average molecular weight is 248 g/mol. The third-order valence-electron chi connectivity index (χ3n) is 2.53. The fourth-order valence-corrected chi connectivity index (χ4v) is 1.61. The number of hydrogen-bond donors (Lipinski definition) is 1. The molecule has 0 saturated carbocycles. The lowest BCUT2D eigenvalue weighted by Gasteiger charge is -2.06. The summed E-state index contributed by atoms with van der Waals surface area (Å²) in [4.78, 5) is 21.6. The highest BCUT2D eigenvalue weighted by molar-refractivity contribution is 5.85. The third kappa shape index (κ3) is 4.41. The second kappa shape index (κ2) is 6.59. The smallest absolute Gasteiger partial charge is 0.328 e. The number of ether oxygens (including phenoxy) is 1. The molecule has 0 unspecified atom stereocenters. The van der Waals surface area contributed by atoms with Crippen molar-refractivity contribution in [3.05, 3.63) is 41.0 Å². The van der Waals surface area contributed by atoms with Crippen LogP contribution in [0.25, 0.3) is 6.08 Å². The number of carboxylic acid groups (broad SMARTS) is 1. The molecule has 0 spiro atoms. The lowest BCUT2D eigenvalue weighted by Crippen LogP contribution is -2.03. The minimum Gasteiger partial charge on any atom is -0.478 e. The lowest BCUT2D eigenvalue weighted by molar-refractivity contribution is -0.140. The SMILES string of the molecule is COC(=O)CCc1cc(C)ccc1/C=C/C(=O)O. The monoisotopic (exact) mass is 248 g/mol. The minimum atomic E-state index is -0.991. The number of carboxylic acids is 1. The Balaban J connectivity index is 2.89. The van der Waals surface area contributed by atoms with Crippen molar-refractivity contribution in [3.63, 3.8) is 0 Å². The van der Waals surface area contributed by atoms with Gasteiger partial charge in [0.2, 0.25) is 0 Å². The van der Waals surface area contributed by atoms with Crippen LogP contribution in [0.15, 0.2) is 24.3 Å². The van der Waals surface area contributed by atoms with Gasteiger partial charge in [0.05, 0.1) is 7.11 Å². The second-order valence-corrected chi connectivity index (χ2v) is 3.95. The van der Waals surface area contributed by atoms with Gasteiger partial charge in [0.15, 0.2) is 0 Å². The van der Waals surface area contributed by atoms with Gasteiger partial charge in [-0.05, 0) is 30.5 Å². The van der Waals surface area contributed by atoms with Crippen molar-refractivity contribution in [2.45, 2.75) is 19.8 Å². The molecule has 0 aliphatic carbocycles. The number of rotatable bonds is 5. The van der Waals surface area contributed by atoms with Crippen molar-refractivity contribution in [2.24, 2.45) is 0 Å². The van der Waals surface area contributed by atoms with Crippen LogP contribution in [0.4, 0.5) is 0 Å². The van der Waals surface area contributed by atoms with E-state index in [9.17, 15) is 9.59 Å². The first-order chi connectivity index (χ1) is 8.52. The summed E-state index contributed by atoms with van der Waals surface area (Å²) in [6, 6.07) is 5.70. The summed E-state index contributed by atoms with van der Waals surface area (Å²) in [5, 5.41) is 8.62. The number of benzene rings is 1. The van der Waals surface area contributed by atoms with Crippen LogP contribution in [0.2, 0.25) is 0 Å². The Morgan fingerprint density at radius 1 is 1.39 bits per heavy atom. The summed E-state index contributed by atoms with van der Waals surface area (Å²) in [6.45, 7) is 1.95. The van der Waals surface area contributed by atoms with E-state index in [4.69, 9.17) is 5.11 Å². The number of esters is 1. The van der Waals surface area contributed by atoms with Crippen LogP contribution in [-0.4, -0.2) is 24.2 Å². The second-order valence-electron chi connectivity index (χ2n) is 3.95. The van der Waals surface area contributed by atoms with Crippen LogP contribution >= 0.6 is 0 Å². The van der Waals surface area contributed by atoms with Crippen molar-refractivity contribution in [1.82, 2.24) is 0 Å². The zero-order chi connectivity index (χ0) is 13.5. The van der Waals surface area contributed by atoms with E-state index in [-0.39, 0.29) is 12.4 Å².